The van der Waals surface area contributed by atoms with Gasteiger partial charge in [-0.15, -0.1) is 0 Å². The predicted molar refractivity (Wildman–Crippen MR) is 69.2 cm³/mol. The monoisotopic (exact) mass is 258 g/mol. The molecule has 0 aliphatic rings. The van der Waals surface area contributed by atoms with Gasteiger partial charge in [-0.3, -0.25) is 14.8 Å². The van der Waals surface area contributed by atoms with E-state index in [2.05, 4.69) is 19.9 Å². The molecule has 7 heteroatoms. The first-order chi connectivity index (χ1) is 9.06. The second-order valence-electron chi connectivity index (χ2n) is 4.17. The lowest BCUT2D eigenvalue weighted by atomic mass is 10.1. The molecule has 0 atom stereocenters. The van der Waals surface area contributed by atoms with Crippen molar-refractivity contribution >= 4 is 11.2 Å². The maximum atomic E-state index is 11.6. The molecular formula is C12H10N4O3. The maximum absolute atomic E-state index is 11.6. The van der Waals surface area contributed by atoms with Crippen LogP contribution in [0.5, 0.6) is 5.75 Å². The van der Waals surface area contributed by atoms with Gasteiger partial charge in [0.2, 0.25) is 0 Å². The highest BCUT2D eigenvalue weighted by Gasteiger charge is 2.12. The summed E-state index contributed by atoms with van der Waals surface area (Å²) in [6.07, 6.45) is 0. The van der Waals surface area contributed by atoms with Gasteiger partial charge in [-0.1, -0.05) is 12.1 Å². The molecule has 0 aliphatic heterocycles. The number of hydrogen-bond donors (Lipinski definition) is 4. The van der Waals surface area contributed by atoms with Gasteiger partial charge in [0.1, 0.15) is 17.1 Å². The summed E-state index contributed by atoms with van der Waals surface area (Å²) in [6, 6.07) is 5.01. The third-order valence-corrected chi connectivity index (χ3v) is 2.95. The van der Waals surface area contributed by atoms with E-state index in [1.165, 1.54) is 0 Å². The minimum atomic E-state index is -0.608. The van der Waals surface area contributed by atoms with Crippen LogP contribution in [0.3, 0.4) is 0 Å². The molecule has 1 aromatic carbocycles. The molecule has 2 aromatic heterocycles. The van der Waals surface area contributed by atoms with E-state index in [1.54, 1.807) is 25.1 Å². The molecule has 7 nitrogen and oxygen atoms in total. The number of phenolic OH excluding ortho intramolecular Hbond substituents is 1. The molecule has 0 bridgehead atoms. The van der Waals surface area contributed by atoms with Crippen molar-refractivity contribution in [1.29, 1.82) is 0 Å². The summed E-state index contributed by atoms with van der Waals surface area (Å²) in [5.41, 5.74) is 0.541. The highest BCUT2D eigenvalue weighted by molar-refractivity contribution is 5.76. The van der Waals surface area contributed by atoms with Crippen molar-refractivity contribution in [2.75, 3.05) is 0 Å². The largest absolute Gasteiger partial charge is 0.508 e. The number of fused-ring (bicyclic) bond motifs is 1. The minimum Gasteiger partial charge on any atom is -0.508 e. The van der Waals surface area contributed by atoms with Crippen LogP contribution >= 0.6 is 0 Å². The first-order valence-corrected chi connectivity index (χ1v) is 5.57. The number of hydrogen-bond acceptors (Lipinski definition) is 4. The summed E-state index contributed by atoms with van der Waals surface area (Å²) in [5, 5.41) is 9.67. The molecule has 0 aliphatic carbocycles. The summed E-state index contributed by atoms with van der Waals surface area (Å²) in [4.78, 5) is 34.3. The fourth-order valence-corrected chi connectivity index (χ4v) is 1.94. The average Bonchev–Trinajstić information content (AvgIpc) is 2.76. The minimum absolute atomic E-state index is 0.139. The van der Waals surface area contributed by atoms with E-state index in [0.717, 1.165) is 0 Å². The van der Waals surface area contributed by atoms with Crippen LogP contribution in [0.4, 0.5) is 0 Å². The molecule has 2 heterocycles. The Labute approximate surface area is 106 Å². The number of nitrogens with one attached hydrogen (secondary N) is 3. The van der Waals surface area contributed by atoms with Crippen LogP contribution in [0.25, 0.3) is 22.6 Å². The van der Waals surface area contributed by atoms with Crippen LogP contribution < -0.4 is 11.2 Å². The van der Waals surface area contributed by atoms with Gasteiger partial charge in [0.25, 0.3) is 5.56 Å². The maximum Gasteiger partial charge on any atom is 0.327 e. The second kappa shape index (κ2) is 3.84. The van der Waals surface area contributed by atoms with E-state index >= 15 is 0 Å². The second-order valence-corrected chi connectivity index (χ2v) is 4.17. The summed E-state index contributed by atoms with van der Waals surface area (Å²) in [7, 11) is 0. The molecule has 0 fully saturated rings. The zero-order chi connectivity index (χ0) is 13.6. The molecule has 19 heavy (non-hydrogen) atoms. The van der Waals surface area contributed by atoms with E-state index in [0.29, 0.717) is 17.0 Å². The van der Waals surface area contributed by atoms with Crippen molar-refractivity contribution in [3.05, 3.63) is 44.6 Å². The van der Waals surface area contributed by atoms with E-state index in [1.807, 2.05) is 0 Å². The number of aromatic hydroxyl groups is 1. The number of aromatic amines is 3. The fraction of sp³-hybridized carbons (Fsp3) is 0.0833. The highest BCUT2D eigenvalue weighted by Crippen LogP contribution is 2.27. The van der Waals surface area contributed by atoms with Crippen molar-refractivity contribution in [2.45, 2.75) is 6.92 Å². The van der Waals surface area contributed by atoms with E-state index in [4.69, 9.17) is 0 Å². The molecule has 0 saturated carbocycles. The summed E-state index contributed by atoms with van der Waals surface area (Å²) in [6.45, 7) is 1.74. The first-order valence-electron chi connectivity index (χ1n) is 5.57. The lowest BCUT2D eigenvalue weighted by Gasteiger charge is -2.03. The van der Waals surface area contributed by atoms with Gasteiger partial charge in [-0.25, -0.2) is 9.78 Å². The fourth-order valence-electron chi connectivity index (χ4n) is 1.94. The Morgan fingerprint density at radius 2 is 1.95 bits per heavy atom. The van der Waals surface area contributed by atoms with Gasteiger partial charge in [0.15, 0.2) is 5.65 Å². The van der Waals surface area contributed by atoms with Crippen molar-refractivity contribution in [3.63, 3.8) is 0 Å². The van der Waals surface area contributed by atoms with Gasteiger partial charge in [-0.05, 0) is 13.0 Å². The number of imidazole rings is 1. The summed E-state index contributed by atoms with van der Waals surface area (Å²) >= 11 is 0. The Bertz CT molecular complexity index is 888. The van der Waals surface area contributed by atoms with E-state index in [-0.39, 0.29) is 16.9 Å². The number of nitrogens with zero attached hydrogens (tertiary/aromatic N) is 1. The highest BCUT2D eigenvalue weighted by atomic mass is 16.3. The Balaban J connectivity index is 2.33. The number of H-pyrrole nitrogens is 3. The standard InChI is InChI=1S/C12H10N4O3/c1-5-6(3-2-4-7(5)17)9-13-8-10(14-9)15-12(19)16-11(8)18/h2-4,17H,1H3,(H3,13,14,15,16,18,19). The summed E-state index contributed by atoms with van der Waals surface area (Å²) < 4.78 is 0. The van der Waals surface area contributed by atoms with Gasteiger partial charge in [0.05, 0.1) is 0 Å². The third kappa shape index (κ3) is 1.71. The zero-order valence-electron chi connectivity index (χ0n) is 9.94. The molecule has 0 unspecified atom stereocenters. The van der Waals surface area contributed by atoms with Gasteiger partial charge in [-0.2, -0.15) is 0 Å². The number of aromatic nitrogens is 4. The number of benzene rings is 1. The number of phenols is 1. The Morgan fingerprint density at radius 3 is 2.74 bits per heavy atom. The molecule has 0 spiro atoms. The molecule has 0 amide bonds. The van der Waals surface area contributed by atoms with Crippen LogP contribution in [0, 0.1) is 6.92 Å². The van der Waals surface area contributed by atoms with Crippen LogP contribution in [-0.2, 0) is 0 Å². The van der Waals surface area contributed by atoms with Crippen molar-refractivity contribution in [3.8, 4) is 17.1 Å². The van der Waals surface area contributed by atoms with Crippen LogP contribution in [0.1, 0.15) is 5.56 Å². The normalized spacial score (nSPS) is 11.0. The van der Waals surface area contributed by atoms with Gasteiger partial charge < -0.3 is 10.1 Å². The number of rotatable bonds is 1. The summed E-state index contributed by atoms with van der Waals surface area (Å²) in [5.74, 6) is 0.552. The first kappa shape index (κ1) is 11.3. The van der Waals surface area contributed by atoms with Crippen LogP contribution in [0.2, 0.25) is 0 Å². The molecule has 96 valence electrons. The molecular weight excluding hydrogens is 248 g/mol. The van der Waals surface area contributed by atoms with Crippen molar-refractivity contribution in [1.82, 2.24) is 19.9 Å². The smallest absolute Gasteiger partial charge is 0.327 e. The SMILES string of the molecule is Cc1c(O)cccc1-c1nc2[nH]c(=O)[nH]c(=O)c2[nH]1. The molecule has 0 saturated heterocycles. The van der Waals surface area contributed by atoms with Crippen LogP contribution in [0.15, 0.2) is 27.8 Å². The molecule has 3 aromatic rings. The van der Waals surface area contributed by atoms with Crippen molar-refractivity contribution in [2.24, 2.45) is 0 Å². The molecule has 3 rings (SSSR count). The van der Waals surface area contributed by atoms with Gasteiger partial charge in [0, 0.05) is 11.1 Å². The third-order valence-electron chi connectivity index (χ3n) is 2.95. The predicted octanol–water partition coefficient (Wildman–Crippen LogP) is 0.621. The lowest BCUT2D eigenvalue weighted by Crippen LogP contribution is -2.21. The van der Waals surface area contributed by atoms with Crippen molar-refractivity contribution < 1.29 is 5.11 Å². The zero-order valence-corrected chi connectivity index (χ0v) is 9.94. The van der Waals surface area contributed by atoms with Crippen LogP contribution in [-0.4, -0.2) is 25.0 Å². The lowest BCUT2D eigenvalue weighted by molar-refractivity contribution is 0.471. The van der Waals surface area contributed by atoms with E-state index in [9.17, 15) is 14.7 Å². The average molecular weight is 258 g/mol. The molecule has 0 radical (unpaired) electrons. The van der Waals surface area contributed by atoms with E-state index < -0.39 is 11.2 Å². The Morgan fingerprint density at radius 1 is 1.16 bits per heavy atom. The Kier molecular flexibility index (Phi) is 2.28. The molecule has 4 N–H and O–H groups in total. The Hall–Kier alpha value is -2.83. The quantitative estimate of drug-likeness (QED) is 0.512. The van der Waals surface area contributed by atoms with Gasteiger partial charge >= 0.3 is 5.69 Å². The topological polar surface area (TPSA) is 115 Å².